The molecule has 0 radical (unpaired) electrons. The molecule has 1 heterocycles. The van der Waals surface area contributed by atoms with Crippen molar-refractivity contribution < 1.29 is 0 Å². The van der Waals surface area contributed by atoms with E-state index in [0.717, 1.165) is 15.6 Å². The lowest BCUT2D eigenvalue weighted by atomic mass is 10.1. The third-order valence-electron chi connectivity index (χ3n) is 2.26. The normalized spacial score (nSPS) is 10.6. The first kappa shape index (κ1) is 10.3. The summed E-state index contributed by atoms with van der Waals surface area (Å²) in [5.74, 6) is 0. The zero-order valence-electron chi connectivity index (χ0n) is 8.82. The van der Waals surface area contributed by atoms with E-state index in [2.05, 4.69) is 42.2 Å². The largest absolute Gasteiger partial charge is 0.324 e. The molecule has 0 atom stereocenters. The van der Waals surface area contributed by atoms with Gasteiger partial charge in [-0.15, -0.1) is 10.2 Å². The van der Waals surface area contributed by atoms with Crippen molar-refractivity contribution in [1.82, 2.24) is 10.2 Å². The molecule has 3 nitrogen and oxygen atoms in total. The van der Waals surface area contributed by atoms with Crippen molar-refractivity contribution in [3.05, 3.63) is 34.3 Å². The minimum atomic E-state index is 0.461. The molecule has 1 aromatic heterocycles. The third-order valence-corrected chi connectivity index (χ3v) is 3.24. The molecule has 78 valence electrons. The van der Waals surface area contributed by atoms with Crippen LogP contribution in [-0.2, 0) is 6.54 Å². The Morgan fingerprint density at radius 1 is 1.27 bits per heavy atom. The first-order chi connectivity index (χ1) is 7.20. The number of aryl methyl sites for hydroxylation is 2. The predicted molar refractivity (Wildman–Crippen MR) is 62.7 cm³/mol. The molecule has 2 aromatic rings. The molecule has 0 bridgehead atoms. The quantitative estimate of drug-likeness (QED) is 0.843. The average Bonchev–Trinajstić information content (AvgIpc) is 2.70. The van der Waals surface area contributed by atoms with E-state index in [9.17, 15) is 0 Å². The Bertz CT molecular complexity index is 476. The van der Waals surface area contributed by atoms with Gasteiger partial charge in [-0.1, -0.05) is 29.0 Å². The summed E-state index contributed by atoms with van der Waals surface area (Å²) < 4.78 is 0. The van der Waals surface area contributed by atoms with Gasteiger partial charge in [0.2, 0.25) is 0 Å². The molecule has 2 N–H and O–H groups in total. The zero-order valence-corrected chi connectivity index (χ0v) is 9.64. The van der Waals surface area contributed by atoms with Crippen molar-refractivity contribution in [2.45, 2.75) is 20.4 Å². The van der Waals surface area contributed by atoms with Crippen LogP contribution in [0.25, 0.3) is 10.6 Å². The van der Waals surface area contributed by atoms with Crippen LogP contribution in [0.1, 0.15) is 16.1 Å². The number of nitrogens with two attached hydrogens (primary N) is 1. The molecule has 0 saturated heterocycles. The minimum Gasteiger partial charge on any atom is -0.324 e. The van der Waals surface area contributed by atoms with Crippen molar-refractivity contribution in [3.8, 4) is 10.6 Å². The number of aromatic nitrogens is 2. The third kappa shape index (κ3) is 2.06. The standard InChI is InChI=1S/C11H13N3S/c1-7-3-4-8(2)9(5-7)11-14-13-10(6-12)15-11/h3-5H,6,12H2,1-2H3. The molecule has 0 unspecified atom stereocenters. The summed E-state index contributed by atoms with van der Waals surface area (Å²) >= 11 is 1.56. The zero-order chi connectivity index (χ0) is 10.8. The predicted octanol–water partition coefficient (Wildman–Crippen LogP) is 2.28. The van der Waals surface area contributed by atoms with E-state index in [4.69, 9.17) is 5.73 Å². The molecule has 0 amide bonds. The van der Waals surface area contributed by atoms with Gasteiger partial charge in [0.15, 0.2) is 0 Å². The number of benzene rings is 1. The van der Waals surface area contributed by atoms with Gasteiger partial charge in [-0.25, -0.2) is 0 Å². The molecule has 0 aliphatic carbocycles. The second-order valence-corrected chi connectivity index (χ2v) is 4.59. The lowest BCUT2D eigenvalue weighted by Crippen LogP contribution is -1.94. The number of hydrogen-bond acceptors (Lipinski definition) is 4. The maximum Gasteiger partial charge on any atom is 0.148 e. The Hall–Kier alpha value is -1.26. The van der Waals surface area contributed by atoms with Crippen molar-refractivity contribution in [1.29, 1.82) is 0 Å². The first-order valence-electron chi connectivity index (χ1n) is 4.81. The topological polar surface area (TPSA) is 51.8 Å². The molecule has 0 aliphatic heterocycles. The van der Waals surface area contributed by atoms with Gasteiger partial charge in [-0.2, -0.15) is 0 Å². The van der Waals surface area contributed by atoms with Crippen LogP contribution in [0.3, 0.4) is 0 Å². The lowest BCUT2D eigenvalue weighted by molar-refractivity contribution is 0.960. The maximum absolute atomic E-state index is 5.52. The van der Waals surface area contributed by atoms with Gasteiger partial charge < -0.3 is 5.73 Å². The van der Waals surface area contributed by atoms with Gasteiger partial charge in [0.25, 0.3) is 0 Å². The van der Waals surface area contributed by atoms with E-state index in [1.165, 1.54) is 11.1 Å². The van der Waals surface area contributed by atoms with E-state index < -0.39 is 0 Å². The molecule has 0 saturated carbocycles. The number of rotatable bonds is 2. The van der Waals surface area contributed by atoms with Gasteiger partial charge in [-0.3, -0.25) is 0 Å². The Morgan fingerprint density at radius 3 is 2.73 bits per heavy atom. The summed E-state index contributed by atoms with van der Waals surface area (Å²) in [5.41, 5.74) is 9.14. The highest BCUT2D eigenvalue weighted by atomic mass is 32.1. The summed E-state index contributed by atoms with van der Waals surface area (Å²) in [6, 6.07) is 6.34. The van der Waals surface area contributed by atoms with E-state index in [0.29, 0.717) is 6.54 Å². The average molecular weight is 219 g/mol. The number of nitrogens with zero attached hydrogens (tertiary/aromatic N) is 2. The van der Waals surface area contributed by atoms with Gasteiger partial charge in [0, 0.05) is 12.1 Å². The van der Waals surface area contributed by atoms with E-state index in [-0.39, 0.29) is 0 Å². The molecule has 0 fully saturated rings. The van der Waals surface area contributed by atoms with Crippen LogP contribution in [0.15, 0.2) is 18.2 Å². The number of hydrogen-bond donors (Lipinski definition) is 1. The Morgan fingerprint density at radius 2 is 2.07 bits per heavy atom. The van der Waals surface area contributed by atoms with Crippen molar-refractivity contribution in [2.75, 3.05) is 0 Å². The Kier molecular flexibility index (Phi) is 2.79. The molecular formula is C11H13N3S. The van der Waals surface area contributed by atoms with Crippen molar-refractivity contribution in [2.24, 2.45) is 5.73 Å². The van der Waals surface area contributed by atoms with Crippen LogP contribution < -0.4 is 5.73 Å². The van der Waals surface area contributed by atoms with E-state index >= 15 is 0 Å². The van der Waals surface area contributed by atoms with Gasteiger partial charge in [-0.05, 0) is 25.5 Å². The molecule has 0 spiro atoms. The molecule has 15 heavy (non-hydrogen) atoms. The van der Waals surface area contributed by atoms with Gasteiger partial charge >= 0.3 is 0 Å². The molecule has 1 aromatic carbocycles. The summed E-state index contributed by atoms with van der Waals surface area (Å²) in [4.78, 5) is 0. The highest BCUT2D eigenvalue weighted by Gasteiger charge is 2.08. The molecule has 2 rings (SSSR count). The monoisotopic (exact) mass is 219 g/mol. The summed E-state index contributed by atoms with van der Waals surface area (Å²) in [7, 11) is 0. The Balaban J connectivity index is 2.48. The van der Waals surface area contributed by atoms with E-state index in [1.807, 2.05) is 0 Å². The van der Waals surface area contributed by atoms with Crippen LogP contribution >= 0.6 is 11.3 Å². The summed E-state index contributed by atoms with van der Waals surface area (Å²) in [6.07, 6.45) is 0. The fourth-order valence-corrected chi connectivity index (χ4v) is 2.21. The fourth-order valence-electron chi connectivity index (χ4n) is 1.41. The Labute approximate surface area is 93.0 Å². The first-order valence-corrected chi connectivity index (χ1v) is 5.62. The smallest absolute Gasteiger partial charge is 0.148 e. The van der Waals surface area contributed by atoms with Crippen molar-refractivity contribution >= 4 is 11.3 Å². The maximum atomic E-state index is 5.52. The SMILES string of the molecule is Cc1ccc(C)c(-c2nnc(CN)s2)c1. The van der Waals surface area contributed by atoms with Crippen LogP contribution in [0.2, 0.25) is 0 Å². The highest BCUT2D eigenvalue weighted by molar-refractivity contribution is 7.14. The minimum absolute atomic E-state index is 0.461. The van der Waals surface area contributed by atoms with Crippen LogP contribution in [0, 0.1) is 13.8 Å². The molecular weight excluding hydrogens is 206 g/mol. The summed E-state index contributed by atoms with van der Waals surface area (Å²) in [6.45, 7) is 4.62. The van der Waals surface area contributed by atoms with Crippen molar-refractivity contribution in [3.63, 3.8) is 0 Å². The van der Waals surface area contributed by atoms with Gasteiger partial charge in [0.1, 0.15) is 10.0 Å². The lowest BCUT2D eigenvalue weighted by Gasteiger charge is -2.02. The van der Waals surface area contributed by atoms with Crippen LogP contribution in [0.4, 0.5) is 0 Å². The molecule has 0 aliphatic rings. The second kappa shape index (κ2) is 4.08. The molecule has 4 heteroatoms. The second-order valence-electron chi connectivity index (χ2n) is 3.52. The highest BCUT2D eigenvalue weighted by Crippen LogP contribution is 2.27. The fraction of sp³-hybridized carbons (Fsp3) is 0.273. The summed E-state index contributed by atoms with van der Waals surface area (Å²) in [5, 5.41) is 10.0. The van der Waals surface area contributed by atoms with E-state index in [1.54, 1.807) is 11.3 Å². The van der Waals surface area contributed by atoms with Gasteiger partial charge in [0.05, 0.1) is 0 Å². The van der Waals surface area contributed by atoms with Crippen LogP contribution in [0.5, 0.6) is 0 Å². The van der Waals surface area contributed by atoms with Crippen LogP contribution in [-0.4, -0.2) is 10.2 Å².